The third-order valence-electron chi connectivity index (χ3n) is 5.08. The SMILES string of the molecule is CCCC[C@H]1N=CC(S(=O)(=O)c2ccc(Br)cc2)=C(O)N1C(C)c1ccccc1. The molecule has 0 saturated carbocycles. The zero-order chi connectivity index (χ0) is 21.0. The molecule has 0 fully saturated rings. The van der Waals surface area contributed by atoms with Gasteiger partial charge in [0.2, 0.25) is 15.7 Å². The van der Waals surface area contributed by atoms with Crippen molar-refractivity contribution in [2.45, 2.75) is 50.2 Å². The van der Waals surface area contributed by atoms with E-state index in [2.05, 4.69) is 27.8 Å². The van der Waals surface area contributed by atoms with E-state index in [9.17, 15) is 13.5 Å². The Hall–Kier alpha value is -2.12. The predicted molar refractivity (Wildman–Crippen MR) is 119 cm³/mol. The summed E-state index contributed by atoms with van der Waals surface area (Å²) >= 11 is 3.32. The second-order valence-electron chi connectivity index (χ2n) is 7.04. The normalized spacial score (nSPS) is 18.2. The first kappa shape index (κ1) is 21.6. The first-order valence-electron chi connectivity index (χ1n) is 9.66. The standard InChI is InChI=1S/C22H25BrN2O3S/c1-3-4-10-21-24-15-20(29(27,28)19-13-11-18(23)12-14-19)22(26)25(21)16(2)17-8-6-5-7-9-17/h5-9,11-16,21,26H,3-4,10H2,1-2H3/t16?,21-/m0/s1. The molecule has 0 radical (unpaired) electrons. The molecule has 0 spiro atoms. The zero-order valence-corrected chi connectivity index (χ0v) is 18.9. The number of unbranched alkanes of at least 4 members (excludes halogenated alkanes) is 1. The smallest absolute Gasteiger partial charge is 0.213 e. The molecule has 29 heavy (non-hydrogen) atoms. The van der Waals surface area contributed by atoms with Gasteiger partial charge in [0.1, 0.15) is 11.1 Å². The van der Waals surface area contributed by atoms with Crippen molar-refractivity contribution in [1.82, 2.24) is 4.90 Å². The highest BCUT2D eigenvalue weighted by Crippen LogP contribution is 2.34. The number of nitrogens with zero attached hydrogens (tertiary/aromatic N) is 2. The number of sulfone groups is 1. The van der Waals surface area contributed by atoms with E-state index in [1.165, 1.54) is 18.3 Å². The largest absolute Gasteiger partial charge is 0.494 e. The summed E-state index contributed by atoms with van der Waals surface area (Å²) in [6, 6.07) is 15.9. The summed E-state index contributed by atoms with van der Waals surface area (Å²) in [5, 5.41) is 11.1. The lowest BCUT2D eigenvalue weighted by Gasteiger charge is -2.38. The van der Waals surface area contributed by atoms with E-state index >= 15 is 0 Å². The molecule has 154 valence electrons. The first-order chi connectivity index (χ1) is 13.9. The van der Waals surface area contributed by atoms with Crippen LogP contribution in [-0.2, 0) is 9.84 Å². The molecule has 0 aromatic heterocycles. The zero-order valence-electron chi connectivity index (χ0n) is 16.5. The van der Waals surface area contributed by atoms with Gasteiger partial charge in [-0.1, -0.05) is 59.6 Å². The molecule has 7 heteroatoms. The molecule has 0 amide bonds. The minimum absolute atomic E-state index is 0.119. The Kier molecular flexibility index (Phi) is 6.80. The van der Waals surface area contributed by atoms with Crippen molar-refractivity contribution >= 4 is 32.0 Å². The molecular weight excluding hydrogens is 452 g/mol. The summed E-state index contributed by atoms with van der Waals surface area (Å²) in [5.74, 6) is -0.250. The number of allylic oxidation sites excluding steroid dienone is 1. The Morgan fingerprint density at radius 2 is 1.79 bits per heavy atom. The van der Waals surface area contributed by atoms with Gasteiger partial charge < -0.3 is 10.0 Å². The molecule has 2 atom stereocenters. The minimum atomic E-state index is -3.90. The number of hydrogen-bond donors (Lipinski definition) is 1. The maximum Gasteiger partial charge on any atom is 0.213 e. The average Bonchev–Trinajstić information content (AvgIpc) is 2.72. The third kappa shape index (κ3) is 4.56. The summed E-state index contributed by atoms with van der Waals surface area (Å²) in [6.45, 7) is 4.05. The molecule has 3 rings (SSSR count). The number of aliphatic hydroxyl groups excluding tert-OH is 1. The van der Waals surface area contributed by atoms with Gasteiger partial charge in [0.05, 0.1) is 10.9 Å². The molecule has 1 aliphatic rings. The van der Waals surface area contributed by atoms with Crippen molar-refractivity contribution in [3.63, 3.8) is 0 Å². The highest BCUT2D eigenvalue weighted by molar-refractivity contribution is 9.10. The molecule has 2 aromatic carbocycles. The minimum Gasteiger partial charge on any atom is -0.494 e. The molecule has 1 aliphatic heterocycles. The molecule has 0 saturated heterocycles. The van der Waals surface area contributed by atoms with E-state index in [-0.39, 0.29) is 27.9 Å². The van der Waals surface area contributed by atoms with Crippen LogP contribution in [0, 0.1) is 0 Å². The number of halogens is 1. The number of hydrogen-bond acceptors (Lipinski definition) is 5. The van der Waals surface area contributed by atoms with Crippen LogP contribution in [0.25, 0.3) is 0 Å². The van der Waals surface area contributed by atoms with Gasteiger partial charge in [-0.15, -0.1) is 0 Å². The average molecular weight is 477 g/mol. The lowest BCUT2D eigenvalue weighted by Crippen LogP contribution is -2.40. The Bertz CT molecular complexity index is 1000. The molecular formula is C22H25BrN2O3S. The van der Waals surface area contributed by atoms with Crippen LogP contribution in [0.4, 0.5) is 0 Å². The van der Waals surface area contributed by atoms with E-state index < -0.39 is 9.84 Å². The predicted octanol–water partition coefficient (Wildman–Crippen LogP) is 5.61. The Labute approximate surface area is 180 Å². The summed E-state index contributed by atoms with van der Waals surface area (Å²) in [7, 11) is -3.90. The monoisotopic (exact) mass is 476 g/mol. The number of aliphatic imine (C=N–C) groups is 1. The summed E-state index contributed by atoms with van der Waals surface area (Å²) < 4.78 is 27.1. The Morgan fingerprint density at radius 1 is 1.14 bits per heavy atom. The lowest BCUT2D eigenvalue weighted by molar-refractivity contribution is 0.104. The van der Waals surface area contributed by atoms with Gasteiger partial charge in [-0.2, -0.15) is 0 Å². The van der Waals surface area contributed by atoms with Crippen LogP contribution in [0.2, 0.25) is 0 Å². The van der Waals surface area contributed by atoms with Gasteiger partial charge in [0.15, 0.2) is 0 Å². The van der Waals surface area contributed by atoms with Gasteiger partial charge >= 0.3 is 0 Å². The van der Waals surface area contributed by atoms with Crippen LogP contribution in [0.15, 0.2) is 79.7 Å². The first-order valence-corrected chi connectivity index (χ1v) is 11.9. The maximum absolute atomic E-state index is 13.2. The summed E-state index contributed by atoms with van der Waals surface area (Å²) in [4.78, 5) is 6.20. The van der Waals surface area contributed by atoms with Crippen LogP contribution in [-0.4, -0.2) is 30.8 Å². The second-order valence-corrected chi connectivity index (χ2v) is 9.87. The Balaban J connectivity index is 2.05. The quantitative estimate of drug-likeness (QED) is 0.563. The molecule has 0 aliphatic carbocycles. The highest BCUT2D eigenvalue weighted by atomic mass is 79.9. The van der Waals surface area contributed by atoms with Gasteiger partial charge in [-0.3, -0.25) is 4.99 Å². The molecule has 0 bridgehead atoms. The summed E-state index contributed by atoms with van der Waals surface area (Å²) in [6.07, 6.45) is 3.66. The van der Waals surface area contributed by atoms with E-state index in [1.807, 2.05) is 37.3 Å². The number of aliphatic hydroxyl groups is 1. The van der Waals surface area contributed by atoms with Gasteiger partial charge in [-0.25, -0.2) is 8.42 Å². The van der Waals surface area contributed by atoms with Gasteiger partial charge in [0, 0.05) is 10.7 Å². The van der Waals surface area contributed by atoms with Crippen LogP contribution in [0.5, 0.6) is 0 Å². The van der Waals surface area contributed by atoms with Crippen molar-refractivity contribution in [2.24, 2.45) is 4.99 Å². The third-order valence-corrected chi connectivity index (χ3v) is 7.37. The summed E-state index contributed by atoms with van der Waals surface area (Å²) in [5.41, 5.74) is 0.984. The molecule has 2 aromatic rings. The molecule has 1 N–H and O–H groups in total. The van der Waals surface area contributed by atoms with E-state index in [0.717, 1.165) is 29.3 Å². The number of benzene rings is 2. The highest BCUT2D eigenvalue weighted by Gasteiger charge is 2.35. The van der Waals surface area contributed by atoms with E-state index in [0.29, 0.717) is 0 Å². The topological polar surface area (TPSA) is 70.0 Å². The van der Waals surface area contributed by atoms with Crippen molar-refractivity contribution in [1.29, 1.82) is 0 Å². The Morgan fingerprint density at radius 3 is 2.41 bits per heavy atom. The van der Waals surface area contributed by atoms with Crippen LogP contribution < -0.4 is 0 Å². The van der Waals surface area contributed by atoms with Crippen molar-refractivity contribution in [3.05, 3.63) is 75.4 Å². The van der Waals surface area contributed by atoms with E-state index in [1.54, 1.807) is 17.0 Å². The lowest BCUT2D eigenvalue weighted by atomic mass is 10.0. The second kappa shape index (κ2) is 9.13. The van der Waals surface area contributed by atoms with Crippen molar-refractivity contribution < 1.29 is 13.5 Å². The van der Waals surface area contributed by atoms with Gasteiger partial charge in [-0.05, 0) is 49.6 Å². The molecule has 1 unspecified atom stereocenters. The van der Waals surface area contributed by atoms with Gasteiger partial charge in [0.25, 0.3) is 0 Å². The fraction of sp³-hybridized carbons (Fsp3) is 0.318. The van der Waals surface area contributed by atoms with Crippen LogP contribution in [0.1, 0.15) is 44.7 Å². The fourth-order valence-corrected chi connectivity index (χ4v) is 4.97. The van der Waals surface area contributed by atoms with Crippen LogP contribution in [0.3, 0.4) is 0 Å². The molecule has 1 heterocycles. The number of rotatable bonds is 7. The maximum atomic E-state index is 13.2. The van der Waals surface area contributed by atoms with Crippen LogP contribution >= 0.6 is 15.9 Å². The van der Waals surface area contributed by atoms with Crippen molar-refractivity contribution in [3.8, 4) is 0 Å². The fourth-order valence-electron chi connectivity index (χ4n) is 3.42. The van der Waals surface area contributed by atoms with E-state index in [4.69, 9.17) is 0 Å². The van der Waals surface area contributed by atoms with Crippen molar-refractivity contribution in [2.75, 3.05) is 0 Å². The molecule has 5 nitrogen and oxygen atoms in total.